The fourth-order valence-electron chi connectivity index (χ4n) is 2.36. The molecule has 0 aromatic heterocycles. The molecule has 3 nitrogen and oxygen atoms in total. The van der Waals surface area contributed by atoms with Crippen LogP contribution in [-0.4, -0.2) is 5.11 Å². The topological polar surface area (TPSA) is 47.8 Å². The van der Waals surface area contributed by atoms with Gasteiger partial charge in [-0.2, -0.15) is 5.26 Å². The molecule has 22 heavy (non-hydrogen) atoms. The molecule has 0 amide bonds. The molecule has 0 unspecified atom stereocenters. The number of anilines is 2. The Kier molecular flexibility index (Phi) is 5.51. The van der Waals surface area contributed by atoms with Crippen LogP contribution in [0.2, 0.25) is 0 Å². The van der Waals surface area contributed by atoms with Gasteiger partial charge in [-0.25, -0.2) is 0 Å². The van der Waals surface area contributed by atoms with Crippen molar-refractivity contribution in [2.24, 2.45) is 0 Å². The van der Waals surface area contributed by atoms with Gasteiger partial charge in [-0.15, -0.1) is 0 Å². The molecule has 2 N–H and O–H groups in total. The zero-order chi connectivity index (χ0) is 15.9. The molecule has 0 bridgehead atoms. The number of benzene rings is 2. The van der Waals surface area contributed by atoms with E-state index in [9.17, 15) is 0 Å². The van der Waals surface area contributed by atoms with Gasteiger partial charge in [-0.3, -0.25) is 0 Å². The van der Waals surface area contributed by atoms with Crippen LogP contribution in [0, 0.1) is 11.3 Å². The zero-order valence-corrected chi connectivity index (χ0v) is 13.6. The van der Waals surface area contributed by atoms with Crippen LogP contribution in [0.25, 0.3) is 0 Å². The summed E-state index contributed by atoms with van der Waals surface area (Å²) >= 11 is 5.41. The van der Waals surface area contributed by atoms with Crippen LogP contribution in [0.5, 0.6) is 0 Å². The first-order valence-electron chi connectivity index (χ1n) is 7.37. The Bertz CT molecular complexity index is 694. The van der Waals surface area contributed by atoms with Gasteiger partial charge in [0.2, 0.25) is 0 Å². The van der Waals surface area contributed by atoms with Gasteiger partial charge in [0.15, 0.2) is 5.11 Å². The molecule has 0 aliphatic heterocycles. The molecule has 0 fully saturated rings. The molecule has 0 heterocycles. The largest absolute Gasteiger partial charge is 0.332 e. The molecular weight excluding hydrogens is 290 g/mol. The third-order valence-electron chi connectivity index (χ3n) is 3.53. The maximum atomic E-state index is 9.13. The summed E-state index contributed by atoms with van der Waals surface area (Å²) in [6, 6.07) is 15.8. The molecule has 0 aliphatic carbocycles. The summed E-state index contributed by atoms with van der Waals surface area (Å²) in [7, 11) is 0. The lowest BCUT2D eigenvalue weighted by Gasteiger charge is -2.17. The van der Waals surface area contributed by atoms with Gasteiger partial charge in [0.25, 0.3) is 0 Å². The normalized spacial score (nSPS) is 9.86. The van der Waals surface area contributed by atoms with Crippen LogP contribution in [0.3, 0.4) is 0 Å². The summed E-state index contributed by atoms with van der Waals surface area (Å²) in [6.45, 7) is 4.25. The van der Waals surface area contributed by atoms with Crippen LogP contribution in [0.4, 0.5) is 11.4 Å². The van der Waals surface area contributed by atoms with Crippen molar-refractivity contribution in [1.29, 1.82) is 5.26 Å². The molecular formula is C18H19N3S. The maximum absolute atomic E-state index is 9.13. The second-order valence-electron chi connectivity index (χ2n) is 4.89. The number of nitriles is 1. The average molecular weight is 309 g/mol. The minimum atomic E-state index is 0.498. The van der Waals surface area contributed by atoms with Gasteiger partial charge < -0.3 is 10.6 Å². The molecule has 0 spiro atoms. The van der Waals surface area contributed by atoms with Gasteiger partial charge in [-0.1, -0.05) is 44.2 Å². The fourth-order valence-corrected chi connectivity index (χ4v) is 2.57. The molecule has 0 aliphatic rings. The monoisotopic (exact) mass is 309 g/mol. The summed E-state index contributed by atoms with van der Waals surface area (Å²) in [5.41, 5.74) is 4.83. The van der Waals surface area contributed by atoms with Crippen molar-refractivity contribution in [1.82, 2.24) is 0 Å². The van der Waals surface area contributed by atoms with E-state index in [1.54, 1.807) is 6.07 Å². The van der Waals surface area contributed by atoms with Crippen LogP contribution >= 0.6 is 12.2 Å². The van der Waals surface area contributed by atoms with E-state index in [2.05, 4.69) is 48.7 Å². The van der Waals surface area contributed by atoms with Gasteiger partial charge in [0, 0.05) is 5.69 Å². The molecule has 2 rings (SSSR count). The molecule has 112 valence electrons. The van der Waals surface area contributed by atoms with E-state index < -0.39 is 0 Å². The smallest absolute Gasteiger partial charge is 0.175 e. The Balaban J connectivity index is 2.21. The SMILES string of the molecule is CCc1cccc(CC)c1NC(=S)Nc1ccccc1C#N. The molecule has 0 radical (unpaired) electrons. The van der Waals surface area contributed by atoms with Crippen molar-refractivity contribution < 1.29 is 0 Å². The van der Waals surface area contributed by atoms with E-state index in [0.29, 0.717) is 10.7 Å². The summed E-state index contributed by atoms with van der Waals surface area (Å²) in [5, 5.41) is 16.0. The first kappa shape index (κ1) is 16.0. The molecule has 4 heteroatoms. The number of para-hydroxylation sites is 2. The van der Waals surface area contributed by atoms with Crippen molar-refractivity contribution in [3.63, 3.8) is 0 Å². The summed E-state index contributed by atoms with van der Waals surface area (Å²) in [5.74, 6) is 0. The highest BCUT2D eigenvalue weighted by Crippen LogP contribution is 2.23. The lowest BCUT2D eigenvalue weighted by atomic mass is 10.0. The van der Waals surface area contributed by atoms with Crippen LogP contribution in [0.1, 0.15) is 30.5 Å². The average Bonchev–Trinajstić information content (AvgIpc) is 2.55. The van der Waals surface area contributed by atoms with Gasteiger partial charge in [0.05, 0.1) is 11.3 Å². The molecule has 0 saturated carbocycles. The summed E-state index contributed by atoms with van der Waals surface area (Å²) < 4.78 is 0. The predicted molar refractivity (Wildman–Crippen MR) is 96.2 cm³/mol. The third-order valence-corrected chi connectivity index (χ3v) is 3.74. The lowest BCUT2D eigenvalue weighted by Crippen LogP contribution is -2.21. The zero-order valence-electron chi connectivity index (χ0n) is 12.8. The number of hydrogen-bond donors (Lipinski definition) is 2. The Labute approximate surface area is 137 Å². The van der Waals surface area contributed by atoms with Crippen molar-refractivity contribution >= 4 is 28.7 Å². The fraction of sp³-hybridized carbons (Fsp3) is 0.222. The molecule has 2 aromatic carbocycles. The van der Waals surface area contributed by atoms with Crippen LogP contribution < -0.4 is 10.6 Å². The predicted octanol–water partition coefficient (Wildman–Crippen LogP) is 4.49. The molecule has 0 atom stereocenters. The first-order valence-corrected chi connectivity index (χ1v) is 7.78. The Hall–Kier alpha value is -2.38. The Morgan fingerprint density at radius 1 is 1.00 bits per heavy atom. The number of rotatable bonds is 4. The lowest BCUT2D eigenvalue weighted by molar-refractivity contribution is 1.09. The van der Waals surface area contributed by atoms with E-state index in [0.717, 1.165) is 24.2 Å². The number of aryl methyl sites for hydroxylation is 2. The van der Waals surface area contributed by atoms with E-state index in [4.69, 9.17) is 17.5 Å². The van der Waals surface area contributed by atoms with E-state index in [-0.39, 0.29) is 0 Å². The second-order valence-corrected chi connectivity index (χ2v) is 5.30. The van der Waals surface area contributed by atoms with Crippen LogP contribution in [0.15, 0.2) is 42.5 Å². The number of nitrogens with one attached hydrogen (secondary N) is 2. The van der Waals surface area contributed by atoms with Crippen molar-refractivity contribution in [3.05, 3.63) is 59.2 Å². The van der Waals surface area contributed by atoms with Crippen molar-refractivity contribution in [2.45, 2.75) is 26.7 Å². The van der Waals surface area contributed by atoms with Gasteiger partial charge in [0.1, 0.15) is 6.07 Å². The first-order chi connectivity index (χ1) is 10.7. The van der Waals surface area contributed by atoms with Gasteiger partial charge in [-0.05, 0) is 48.3 Å². The number of thiocarbonyl (C=S) groups is 1. The minimum Gasteiger partial charge on any atom is -0.332 e. The minimum absolute atomic E-state index is 0.498. The highest BCUT2D eigenvalue weighted by atomic mass is 32.1. The van der Waals surface area contributed by atoms with E-state index >= 15 is 0 Å². The molecule has 2 aromatic rings. The highest BCUT2D eigenvalue weighted by Gasteiger charge is 2.09. The Morgan fingerprint density at radius 2 is 1.64 bits per heavy atom. The quantitative estimate of drug-likeness (QED) is 0.817. The second kappa shape index (κ2) is 7.58. The highest BCUT2D eigenvalue weighted by molar-refractivity contribution is 7.80. The van der Waals surface area contributed by atoms with E-state index in [1.807, 2.05) is 18.2 Å². The number of nitrogens with zero attached hydrogens (tertiary/aromatic N) is 1. The summed E-state index contributed by atoms with van der Waals surface area (Å²) in [4.78, 5) is 0. The van der Waals surface area contributed by atoms with Crippen molar-refractivity contribution in [3.8, 4) is 6.07 Å². The maximum Gasteiger partial charge on any atom is 0.175 e. The Morgan fingerprint density at radius 3 is 2.23 bits per heavy atom. The van der Waals surface area contributed by atoms with Crippen LogP contribution in [-0.2, 0) is 12.8 Å². The summed E-state index contributed by atoms with van der Waals surface area (Å²) in [6.07, 6.45) is 1.88. The van der Waals surface area contributed by atoms with Crippen molar-refractivity contribution in [2.75, 3.05) is 10.6 Å². The van der Waals surface area contributed by atoms with Gasteiger partial charge >= 0.3 is 0 Å². The standard InChI is InChI=1S/C18H19N3S/c1-3-13-9-7-10-14(4-2)17(13)21-18(22)20-16-11-6-5-8-15(16)12-19/h5-11H,3-4H2,1-2H3,(H2,20,21,22). The van der Waals surface area contributed by atoms with E-state index in [1.165, 1.54) is 11.1 Å². The number of hydrogen-bond acceptors (Lipinski definition) is 2. The molecule has 0 saturated heterocycles. The third kappa shape index (κ3) is 3.63.